The molecule has 2 aromatic carbocycles. The monoisotopic (exact) mass is 469 g/mol. The van der Waals surface area contributed by atoms with Gasteiger partial charge in [0.2, 0.25) is 11.8 Å². The summed E-state index contributed by atoms with van der Waals surface area (Å²) in [5.74, 6) is -2.94. The quantitative estimate of drug-likeness (QED) is 0.523. The van der Waals surface area contributed by atoms with Crippen LogP contribution in [0, 0.1) is 17.7 Å². The molecule has 2 amide bonds. The number of nitrogens with zero attached hydrogens (tertiary/aromatic N) is 1. The van der Waals surface area contributed by atoms with E-state index in [4.69, 9.17) is 0 Å². The van der Waals surface area contributed by atoms with Crippen LogP contribution >= 0.6 is 0 Å². The number of hydrogen-bond donors (Lipinski definition) is 3. The van der Waals surface area contributed by atoms with Gasteiger partial charge in [-0.25, -0.2) is 9.82 Å². The van der Waals surface area contributed by atoms with Gasteiger partial charge in [-0.1, -0.05) is 43.3 Å². The SMILES string of the molecule is CNC(=O)[C@@H]1CCCNN1C(=O)[C@H](CCc1ccc(-c2ccc(F)cc2)cc1)C[C@H](C)C(=O)O. The van der Waals surface area contributed by atoms with Crippen LogP contribution < -0.4 is 10.7 Å². The molecule has 0 radical (unpaired) electrons. The maximum atomic E-state index is 13.4. The van der Waals surface area contributed by atoms with Crippen molar-refractivity contribution >= 4 is 17.8 Å². The Morgan fingerprint density at radius 3 is 2.32 bits per heavy atom. The van der Waals surface area contributed by atoms with Crippen molar-refractivity contribution in [3.05, 3.63) is 59.9 Å². The minimum absolute atomic E-state index is 0.195. The molecule has 34 heavy (non-hydrogen) atoms. The minimum atomic E-state index is -0.948. The van der Waals surface area contributed by atoms with E-state index in [9.17, 15) is 23.9 Å². The number of carbonyl (C=O) groups is 3. The summed E-state index contributed by atoms with van der Waals surface area (Å²) in [5, 5.41) is 13.4. The molecular formula is C26H32FN3O4. The predicted octanol–water partition coefficient (Wildman–Crippen LogP) is 3.39. The lowest BCUT2D eigenvalue weighted by molar-refractivity contribution is -0.151. The maximum Gasteiger partial charge on any atom is 0.306 e. The third-order valence-corrected chi connectivity index (χ3v) is 6.36. The zero-order valence-corrected chi connectivity index (χ0v) is 19.6. The molecule has 1 saturated heterocycles. The van der Waals surface area contributed by atoms with E-state index >= 15 is 0 Å². The van der Waals surface area contributed by atoms with Gasteiger partial charge < -0.3 is 10.4 Å². The standard InChI is InChI=1S/C26H32FN3O4/c1-17(26(33)34)16-21(25(32)30-23(24(31)28-2)4-3-15-29-30)10-7-18-5-8-19(9-6-18)20-11-13-22(27)14-12-20/h5-6,8-9,11-14,17,21,23,29H,3-4,7,10,15-16H2,1-2H3,(H,28,31)(H,33,34)/t17-,21+,23-/m0/s1. The molecule has 1 aliphatic rings. The van der Waals surface area contributed by atoms with Crippen molar-refractivity contribution in [2.24, 2.45) is 11.8 Å². The second-order valence-electron chi connectivity index (χ2n) is 8.80. The van der Waals surface area contributed by atoms with Crippen LogP contribution in [0.15, 0.2) is 48.5 Å². The molecule has 0 bridgehead atoms. The van der Waals surface area contributed by atoms with E-state index in [1.165, 1.54) is 17.1 Å². The molecule has 8 heteroatoms. The molecule has 182 valence electrons. The van der Waals surface area contributed by atoms with Crippen LogP contribution in [0.25, 0.3) is 11.1 Å². The van der Waals surface area contributed by atoms with Crippen LogP contribution in [0.4, 0.5) is 4.39 Å². The van der Waals surface area contributed by atoms with Crippen molar-refractivity contribution in [2.45, 2.75) is 45.1 Å². The van der Waals surface area contributed by atoms with Gasteiger partial charge in [0.25, 0.3) is 0 Å². The van der Waals surface area contributed by atoms with Gasteiger partial charge in [0, 0.05) is 19.5 Å². The Kier molecular flexibility index (Phi) is 8.76. The molecule has 2 aromatic rings. The summed E-state index contributed by atoms with van der Waals surface area (Å²) >= 11 is 0. The first-order chi connectivity index (χ1) is 16.3. The van der Waals surface area contributed by atoms with E-state index < -0.39 is 23.8 Å². The third kappa shape index (κ3) is 6.41. The van der Waals surface area contributed by atoms with Gasteiger partial charge in [0.1, 0.15) is 11.9 Å². The van der Waals surface area contributed by atoms with Gasteiger partial charge in [-0.2, -0.15) is 0 Å². The lowest BCUT2D eigenvalue weighted by Gasteiger charge is -2.37. The number of hydrogen-bond acceptors (Lipinski definition) is 4. The van der Waals surface area contributed by atoms with Crippen molar-refractivity contribution in [3.8, 4) is 11.1 Å². The zero-order chi connectivity index (χ0) is 24.7. The number of likely N-dealkylation sites (N-methyl/N-ethyl adjacent to an activating group) is 1. The second-order valence-corrected chi connectivity index (χ2v) is 8.80. The maximum absolute atomic E-state index is 13.4. The Morgan fingerprint density at radius 1 is 1.12 bits per heavy atom. The van der Waals surface area contributed by atoms with Crippen molar-refractivity contribution in [1.82, 2.24) is 15.8 Å². The van der Waals surface area contributed by atoms with Gasteiger partial charge in [-0.3, -0.25) is 19.4 Å². The fourth-order valence-electron chi connectivity index (χ4n) is 4.29. The van der Waals surface area contributed by atoms with Crippen molar-refractivity contribution in [2.75, 3.05) is 13.6 Å². The number of nitrogens with one attached hydrogen (secondary N) is 2. The van der Waals surface area contributed by atoms with E-state index in [2.05, 4.69) is 10.7 Å². The number of carboxylic acid groups (broad SMARTS) is 1. The fraction of sp³-hybridized carbons (Fsp3) is 0.423. The third-order valence-electron chi connectivity index (χ3n) is 6.36. The summed E-state index contributed by atoms with van der Waals surface area (Å²) in [6.07, 6.45) is 2.58. The number of aliphatic carboxylic acids is 1. The van der Waals surface area contributed by atoms with Crippen LogP contribution in [-0.4, -0.2) is 47.5 Å². The highest BCUT2D eigenvalue weighted by molar-refractivity contribution is 5.88. The Hall–Kier alpha value is -3.26. The molecule has 3 atom stereocenters. The topological polar surface area (TPSA) is 98.7 Å². The van der Waals surface area contributed by atoms with Crippen LogP contribution in [0.2, 0.25) is 0 Å². The molecule has 0 unspecified atom stereocenters. The highest BCUT2D eigenvalue weighted by atomic mass is 19.1. The van der Waals surface area contributed by atoms with Gasteiger partial charge in [0.15, 0.2) is 0 Å². The molecule has 0 aliphatic carbocycles. The number of rotatable bonds is 9. The number of halogens is 1. The van der Waals surface area contributed by atoms with Crippen molar-refractivity contribution < 1.29 is 23.9 Å². The molecule has 0 saturated carbocycles. The van der Waals surface area contributed by atoms with Crippen LogP contribution in [0.3, 0.4) is 0 Å². The smallest absolute Gasteiger partial charge is 0.306 e. The highest BCUT2D eigenvalue weighted by Crippen LogP contribution is 2.25. The lowest BCUT2D eigenvalue weighted by Crippen LogP contribution is -2.59. The van der Waals surface area contributed by atoms with Crippen LogP contribution in [-0.2, 0) is 20.8 Å². The Labute approximate surface area is 199 Å². The van der Waals surface area contributed by atoms with E-state index in [0.717, 1.165) is 23.1 Å². The summed E-state index contributed by atoms with van der Waals surface area (Å²) < 4.78 is 13.2. The fourth-order valence-corrected chi connectivity index (χ4v) is 4.29. The van der Waals surface area contributed by atoms with E-state index in [1.807, 2.05) is 24.3 Å². The molecule has 1 fully saturated rings. The summed E-state index contributed by atoms with van der Waals surface area (Å²) in [4.78, 5) is 37.2. The lowest BCUT2D eigenvalue weighted by atomic mass is 9.88. The molecule has 3 N–H and O–H groups in total. The Bertz CT molecular complexity index is 994. The number of aryl methyl sites for hydroxylation is 1. The molecule has 7 nitrogen and oxygen atoms in total. The normalized spacial score (nSPS) is 17.6. The number of carbonyl (C=O) groups excluding carboxylic acids is 2. The van der Waals surface area contributed by atoms with Crippen molar-refractivity contribution in [3.63, 3.8) is 0 Å². The van der Waals surface area contributed by atoms with E-state index in [1.54, 1.807) is 26.1 Å². The number of hydrazine groups is 1. The Balaban J connectivity index is 1.72. The molecule has 3 rings (SSSR count). The number of carboxylic acids is 1. The van der Waals surface area contributed by atoms with Gasteiger partial charge >= 0.3 is 5.97 Å². The minimum Gasteiger partial charge on any atom is -0.481 e. The molecular weight excluding hydrogens is 437 g/mol. The van der Waals surface area contributed by atoms with E-state index in [0.29, 0.717) is 25.8 Å². The average Bonchev–Trinajstić information content (AvgIpc) is 2.86. The average molecular weight is 470 g/mol. The van der Waals surface area contributed by atoms with Gasteiger partial charge in [0.05, 0.1) is 5.92 Å². The Morgan fingerprint density at radius 2 is 1.74 bits per heavy atom. The second kappa shape index (κ2) is 11.7. The largest absolute Gasteiger partial charge is 0.481 e. The first-order valence-corrected chi connectivity index (χ1v) is 11.7. The summed E-state index contributed by atoms with van der Waals surface area (Å²) in [7, 11) is 1.54. The van der Waals surface area contributed by atoms with Gasteiger partial charge in [-0.05, 0) is 60.9 Å². The molecule has 1 heterocycles. The van der Waals surface area contributed by atoms with Crippen molar-refractivity contribution in [1.29, 1.82) is 0 Å². The summed E-state index contributed by atoms with van der Waals surface area (Å²) in [6.45, 7) is 2.19. The first-order valence-electron chi connectivity index (χ1n) is 11.7. The number of benzene rings is 2. The zero-order valence-electron chi connectivity index (χ0n) is 19.6. The molecule has 0 aromatic heterocycles. The van der Waals surface area contributed by atoms with E-state index in [-0.39, 0.29) is 24.1 Å². The summed E-state index contributed by atoms with van der Waals surface area (Å²) in [5.41, 5.74) is 5.93. The van der Waals surface area contributed by atoms with Crippen LogP contribution in [0.5, 0.6) is 0 Å². The highest BCUT2D eigenvalue weighted by Gasteiger charge is 2.36. The molecule has 0 spiro atoms. The molecule has 1 aliphatic heterocycles. The van der Waals surface area contributed by atoms with Gasteiger partial charge in [-0.15, -0.1) is 0 Å². The number of amides is 2. The predicted molar refractivity (Wildman–Crippen MR) is 127 cm³/mol. The first kappa shape index (κ1) is 25.4. The summed E-state index contributed by atoms with van der Waals surface area (Å²) in [6, 6.07) is 13.5. The van der Waals surface area contributed by atoms with Crippen LogP contribution in [0.1, 0.15) is 38.2 Å².